The van der Waals surface area contributed by atoms with Gasteiger partial charge in [-0.15, -0.1) is 0 Å². The van der Waals surface area contributed by atoms with E-state index >= 15 is 0 Å². The molecule has 0 amide bonds. The van der Waals surface area contributed by atoms with E-state index in [2.05, 4.69) is 37.3 Å². The molecule has 3 rings (SSSR count). The van der Waals surface area contributed by atoms with Crippen molar-refractivity contribution in [3.8, 4) is 0 Å². The van der Waals surface area contributed by atoms with Crippen molar-refractivity contribution in [1.29, 1.82) is 0 Å². The summed E-state index contributed by atoms with van der Waals surface area (Å²) in [7, 11) is 0. The van der Waals surface area contributed by atoms with Crippen LogP contribution in [-0.4, -0.2) is 6.04 Å². The Morgan fingerprint density at radius 2 is 2.00 bits per heavy atom. The summed E-state index contributed by atoms with van der Waals surface area (Å²) in [6, 6.07) is 11.4. The number of hydrogen-bond donors (Lipinski definition) is 1. The number of rotatable bonds is 3. The Morgan fingerprint density at radius 3 is 2.59 bits per heavy atom. The minimum atomic E-state index is 0.393. The molecule has 0 aliphatic heterocycles. The monoisotopic (exact) mass is 229 g/mol. The topological polar surface area (TPSA) is 26.0 Å². The number of benzene rings is 1. The molecule has 0 aromatic heterocycles. The fraction of sp³-hybridized carbons (Fsp3) is 0.625. The van der Waals surface area contributed by atoms with Crippen molar-refractivity contribution in [2.45, 2.75) is 45.1 Å². The van der Waals surface area contributed by atoms with Crippen LogP contribution in [0.3, 0.4) is 0 Å². The molecule has 2 aliphatic carbocycles. The zero-order valence-corrected chi connectivity index (χ0v) is 10.7. The SMILES string of the molecule is CC[C@@]1(Cc2ccccc2)[C@H]2CC[C@H](C2)[C@H]1N. The molecule has 2 aliphatic rings. The van der Waals surface area contributed by atoms with Crippen LogP contribution in [-0.2, 0) is 6.42 Å². The smallest absolute Gasteiger partial charge is 0.0130 e. The minimum absolute atomic E-state index is 0.393. The molecular weight excluding hydrogens is 206 g/mol. The van der Waals surface area contributed by atoms with Crippen LogP contribution in [0.25, 0.3) is 0 Å². The van der Waals surface area contributed by atoms with E-state index in [4.69, 9.17) is 5.73 Å². The Labute approximate surface area is 104 Å². The van der Waals surface area contributed by atoms with Gasteiger partial charge in [0.05, 0.1) is 0 Å². The Hall–Kier alpha value is -0.820. The average molecular weight is 229 g/mol. The summed E-state index contributed by atoms with van der Waals surface area (Å²) in [6.07, 6.45) is 6.61. The predicted octanol–water partition coefficient (Wildman–Crippen LogP) is 3.38. The van der Waals surface area contributed by atoms with Crippen LogP contribution >= 0.6 is 0 Å². The Morgan fingerprint density at radius 1 is 1.24 bits per heavy atom. The average Bonchev–Trinajstić information content (AvgIpc) is 2.94. The van der Waals surface area contributed by atoms with Crippen molar-refractivity contribution in [3.63, 3.8) is 0 Å². The molecule has 2 N–H and O–H groups in total. The van der Waals surface area contributed by atoms with Crippen molar-refractivity contribution in [3.05, 3.63) is 35.9 Å². The van der Waals surface area contributed by atoms with E-state index in [1.54, 1.807) is 0 Å². The third-order valence-electron chi connectivity index (χ3n) is 5.49. The van der Waals surface area contributed by atoms with E-state index in [0.717, 1.165) is 11.8 Å². The van der Waals surface area contributed by atoms with Crippen LogP contribution in [0.5, 0.6) is 0 Å². The van der Waals surface area contributed by atoms with E-state index in [1.807, 2.05) is 0 Å². The van der Waals surface area contributed by atoms with Crippen molar-refractivity contribution in [2.24, 2.45) is 23.0 Å². The summed E-state index contributed by atoms with van der Waals surface area (Å²) in [4.78, 5) is 0. The summed E-state index contributed by atoms with van der Waals surface area (Å²) in [5.74, 6) is 1.69. The maximum atomic E-state index is 6.56. The molecule has 1 nitrogen and oxygen atoms in total. The van der Waals surface area contributed by atoms with Gasteiger partial charge < -0.3 is 5.73 Å². The molecule has 1 heteroatoms. The maximum Gasteiger partial charge on any atom is 0.0130 e. The lowest BCUT2D eigenvalue weighted by Crippen LogP contribution is -2.47. The van der Waals surface area contributed by atoms with Gasteiger partial charge in [0.15, 0.2) is 0 Å². The van der Waals surface area contributed by atoms with Crippen LogP contribution in [0.1, 0.15) is 38.2 Å². The lowest BCUT2D eigenvalue weighted by atomic mass is 9.65. The predicted molar refractivity (Wildman–Crippen MR) is 71.7 cm³/mol. The first-order valence-corrected chi connectivity index (χ1v) is 7.06. The fourth-order valence-electron chi connectivity index (χ4n) is 4.49. The second-order valence-corrected chi connectivity index (χ2v) is 6.04. The van der Waals surface area contributed by atoms with E-state index in [0.29, 0.717) is 11.5 Å². The molecule has 0 unspecified atom stereocenters. The highest BCUT2D eigenvalue weighted by Crippen LogP contribution is 2.58. The van der Waals surface area contributed by atoms with Gasteiger partial charge in [0.1, 0.15) is 0 Å². The van der Waals surface area contributed by atoms with E-state index in [9.17, 15) is 0 Å². The van der Waals surface area contributed by atoms with Crippen molar-refractivity contribution >= 4 is 0 Å². The molecule has 17 heavy (non-hydrogen) atoms. The Balaban J connectivity index is 1.88. The highest BCUT2D eigenvalue weighted by molar-refractivity contribution is 5.20. The van der Waals surface area contributed by atoms with Gasteiger partial charge in [-0.25, -0.2) is 0 Å². The lowest BCUT2D eigenvalue weighted by molar-refractivity contribution is 0.124. The minimum Gasteiger partial charge on any atom is -0.327 e. The highest BCUT2D eigenvalue weighted by atomic mass is 14.8. The Kier molecular flexibility index (Phi) is 2.74. The molecule has 2 saturated carbocycles. The van der Waals surface area contributed by atoms with E-state index in [-0.39, 0.29) is 0 Å². The molecule has 2 fully saturated rings. The molecule has 0 radical (unpaired) electrons. The molecule has 92 valence electrons. The molecule has 4 atom stereocenters. The number of fused-ring (bicyclic) bond motifs is 2. The van der Waals surface area contributed by atoms with Gasteiger partial charge in [-0.1, -0.05) is 37.3 Å². The normalized spacial score (nSPS) is 39.8. The van der Waals surface area contributed by atoms with Crippen LogP contribution in [0.15, 0.2) is 30.3 Å². The third kappa shape index (κ3) is 1.63. The molecule has 0 spiro atoms. The van der Waals surface area contributed by atoms with Gasteiger partial charge in [-0.05, 0) is 54.9 Å². The van der Waals surface area contributed by atoms with Crippen molar-refractivity contribution in [2.75, 3.05) is 0 Å². The summed E-state index contributed by atoms with van der Waals surface area (Å²) in [6.45, 7) is 2.34. The first kappa shape index (κ1) is 11.3. The van der Waals surface area contributed by atoms with Crippen LogP contribution in [0.4, 0.5) is 0 Å². The van der Waals surface area contributed by atoms with E-state index in [1.165, 1.54) is 37.7 Å². The highest BCUT2D eigenvalue weighted by Gasteiger charge is 2.55. The molecule has 1 aromatic carbocycles. The van der Waals surface area contributed by atoms with Crippen LogP contribution < -0.4 is 5.73 Å². The van der Waals surface area contributed by atoms with Gasteiger partial charge in [0, 0.05) is 6.04 Å². The van der Waals surface area contributed by atoms with Gasteiger partial charge >= 0.3 is 0 Å². The second kappa shape index (κ2) is 4.13. The first-order valence-electron chi connectivity index (χ1n) is 7.06. The maximum absolute atomic E-state index is 6.56. The van der Waals surface area contributed by atoms with Gasteiger partial charge in [0.2, 0.25) is 0 Å². The zero-order valence-electron chi connectivity index (χ0n) is 10.7. The molecular formula is C16H23N. The number of hydrogen-bond acceptors (Lipinski definition) is 1. The standard InChI is InChI=1S/C16H23N/c1-2-16(11-12-6-4-3-5-7-12)14-9-8-13(10-14)15(16)17/h3-7,13-15H,2,8-11,17H2,1H3/t13-,14+,15-,16-/m1/s1. The molecule has 0 heterocycles. The summed E-state index contributed by atoms with van der Waals surface area (Å²) in [5, 5.41) is 0. The molecule has 1 aromatic rings. The van der Waals surface area contributed by atoms with Crippen LogP contribution in [0, 0.1) is 17.3 Å². The zero-order chi connectivity index (χ0) is 11.9. The molecule has 0 saturated heterocycles. The van der Waals surface area contributed by atoms with E-state index < -0.39 is 0 Å². The summed E-state index contributed by atoms with van der Waals surface area (Å²) < 4.78 is 0. The van der Waals surface area contributed by atoms with Crippen LogP contribution in [0.2, 0.25) is 0 Å². The quantitative estimate of drug-likeness (QED) is 0.845. The summed E-state index contributed by atoms with van der Waals surface area (Å²) >= 11 is 0. The third-order valence-corrected chi connectivity index (χ3v) is 5.49. The lowest BCUT2D eigenvalue weighted by Gasteiger charge is -2.42. The second-order valence-electron chi connectivity index (χ2n) is 6.04. The first-order chi connectivity index (χ1) is 8.26. The Bertz CT molecular complexity index is 382. The molecule has 2 bridgehead atoms. The van der Waals surface area contributed by atoms with Crippen molar-refractivity contribution in [1.82, 2.24) is 0 Å². The van der Waals surface area contributed by atoms with Gasteiger partial charge in [-0.3, -0.25) is 0 Å². The van der Waals surface area contributed by atoms with Gasteiger partial charge in [-0.2, -0.15) is 0 Å². The number of nitrogens with two attached hydrogens (primary N) is 1. The van der Waals surface area contributed by atoms with Crippen molar-refractivity contribution < 1.29 is 0 Å². The van der Waals surface area contributed by atoms with Gasteiger partial charge in [0.25, 0.3) is 0 Å². The summed E-state index contributed by atoms with van der Waals surface area (Å²) in [5.41, 5.74) is 8.42. The fourth-order valence-corrected chi connectivity index (χ4v) is 4.49. The largest absolute Gasteiger partial charge is 0.327 e.